The summed E-state index contributed by atoms with van der Waals surface area (Å²) in [5, 5.41) is 4.16. The van der Waals surface area contributed by atoms with E-state index in [1.807, 2.05) is 0 Å². The van der Waals surface area contributed by atoms with E-state index in [0.717, 1.165) is 4.47 Å². The molecule has 0 saturated heterocycles. The van der Waals surface area contributed by atoms with Crippen LogP contribution in [0.3, 0.4) is 0 Å². The molecule has 0 spiro atoms. The Morgan fingerprint density at radius 3 is 2.71 bits per heavy atom. The maximum absolute atomic E-state index is 6.17. The highest BCUT2D eigenvalue weighted by Crippen LogP contribution is 2.31. The molecule has 0 radical (unpaired) electrons. The molecule has 2 N–H and O–H groups in total. The molecule has 0 aromatic carbocycles. The molecular weight excluding hydrogens is 278 g/mol. The van der Waals surface area contributed by atoms with Crippen molar-refractivity contribution in [3.05, 3.63) is 42.7 Å². The highest BCUT2D eigenvalue weighted by molar-refractivity contribution is 9.10. The van der Waals surface area contributed by atoms with Gasteiger partial charge in [-0.25, -0.2) is 0 Å². The molecule has 4 heteroatoms. The smallest absolute Gasteiger partial charge is 0.0657 e. The van der Waals surface area contributed by atoms with Gasteiger partial charge in [0.25, 0.3) is 0 Å². The molecule has 1 atom stereocenters. The van der Waals surface area contributed by atoms with Crippen molar-refractivity contribution < 1.29 is 0 Å². The van der Waals surface area contributed by atoms with E-state index in [1.165, 1.54) is 15.3 Å². The molecule has 2 aromatic rings. The standard InChI is InChI=1S/C10H10BrNS2/c1-6-8(2-3-13-6)10(12)9-4-7(11)5-14-9/h2-5,10H,12H2,1H3. The third-order valence-corrected chi connectivity index (χ3v) is 4.77. The van der Waals surface area contributed by atoms with Crippen molar-refractivity contribution in [2.45, 2.75) is 13.0 Å². The second-order valence-corrected chi connectivity index (χ2v) is 6.06. The number of hydrogen-bond acceptors (Lipinski definition) is 3. The fraction of sp³-hybridized carbons (Fsp3) is 0.200. The lowest BCUT2D eigenvalue weighted by atomic mass is 10.1. The number of rotatable bonds is 2. The first-order valence-corrected chi connectivity index (χ1v) is 6.77. The molecule has 0 aliphatic carbocycles. The Balaban J connectivity index is 2.33. The summed E-state index contributed by atoms with van der Waals surface area (Å²) in [7, 11) is 0. The molecule has 74 valence electrons. The summed E-state index contributed by atoms with van der Waals surface area (Å²) >= 11 is 6.88. The van der Waals surface area contributed by atoms with Crippen LogP contribution in [0.15, 0.2) is 27.4 Å². The highest BCUT2D eigenvalue weighted by Gasteiger charge is 2.13. The van der Waals surface area contributed by atoms with Crippen LogP contribution in [0.1, 0.15) is 21.4 Å². The zero-order valence-electron chi connectivity index (χ0n) is 7.66. The first-order valence-electron chi connectivity index (χ1n) is 4.22. The van der Waals surface area contributed by atoms with Crippen molar-refractivity contribution in [1.82, 2.24) is 0 Å². The van der Waals surface area contributed by atoms with Crippen molar-refractivity contribution in [1.29, 1.82) is 0 Å². The average molecular weight is 288 g/mol. The van der Waals surface area contributed by atoms with Crippen molar-refractivity contribution in [3.8, 4) is 0 Å². The van der Waals surface area contributed by atoms with E-state index >= 15 is 0 Å². The van der Waals surface area contributed by atoms with E-state index < -0.39 is 0 Å². The van der Waals surface area contributed by atoms with Gasteiger partial charge >= 0.3 is 0 Å². The monoisotopic (exact) mass is 287 g/mol. The Morgan fingerprint density at radius 2 is 2.21 bits per heavy atom. The van der Waals surface area contributed by atoms with Gasteiger partial charge in [-0.15, -0.1) is 22.7 Å². The third kappa shape index (κ3) is 1.93. The Bertz CT molecular complexity index is 433. The summed E-state index contributed by atoms with van der Waals surface area (Å²) in [4.78, 5) is 2.51. The Hall–Kier alpha value is -0.160. The van der Waals surface area contributed by atoms with Crippen molar-refractivity contribution in [2.75, 3.05) is 0 Å². The van der Waals surface area contributed by atoms with E-state index in [0.29, 0.717) is 0 Å². The van der Waals surface area contributed by atoms with Crippen LogP contribution in [-0.4, -0.2) is 0 Å². The van der Waals surface area contributed by atoms with Gasteiger partial charge in [-0.3, -0.25) is 0 Å². The van der Waals surface area contributed by atoms with Gasteiger partial charge in [0.2, 0.25) is 0 Å². The minimum Gasteiger partial charge on any atom is -0.320 e. The fourth-order valence-electron chi connectivity index (χ4n) is 1.36. The number of halogens is 1. The molecule has 0 aliphatic rings. The molecular formula is C10H10BrNS2. The molecule has 0 saturated carbocycles. The molecule has 14 heavy (non-hydrogen) atoms. The van der Waals surface area contributed by atoms with Gasteiger partial charge in [0.05, 0.1) is 6.04 Å². The van der Waals surface area contributed by atoms with Gasteiger partial charge in [0.1, 0.15) is 0 Å². The summed E-state index contributed by atoms with van der Waals surface area (Å²) in [6.45, 7) is 2.11. The van der Waals surface area contributed by atoms with E-state index in [-0.39, 0.29) is 6.04 Å². The van der Waals surface area contributed by atoms with Gasteiger partial charge in [-0.1, -0.05) is 0 Å². The maximum atomic E-state index is 6.17. The molecule has 1 unspecified atom stereocenters. The van der Waals surface area contributed by atoms with Crippen LogP contribution in [0.25, 0.3) is 0 Å². The van der Waals surface area contributed by atoms with Crippen LogP contribution < -0.4 is 5.73 Å². The molecule has 1 nitrogen and oxygen atoms in total. The van der Waals surface area contributed by atoms with E-state index in [1.54, 1.807) is 22.7 Å². The number of aryl methyl sites for hydroxylation is 1. The first-order chi connectivity index (χ1) is 6.68. The van der Waals surface area contributed by atoms with Crippen LogP contribution in [0.5, 0.6) is 0 Å². The van der Waals surface area contributed by atoms with Gasteiger partial charge in [0.15, 0.2) is 0 Å². The maximum Gasteiger partial charge on any atom is 0.0657 e. The summed E-state index contributed by atoms with van der Waals surface area (Å²) < 4.78 is 1.11. The predicted molar refractivity (Wildman–Crippen MR) is 67.1 cm³/mol. The largest absolute Gasteiger partial charge is 0.320 e. The van der Waals surface area contributed by atoms with Gasteiger partial charge in [-0.05, 0) is 45.9 Å². The van der Waals surface area contributed by atoms with Crippen LogP contribution >= 0.6 is 38.6 Å². The molecule has 2 heterocycles. The Morgan fingerprint density at radius 1 is 1.43 bits per heavy atom. The lowest BCUT2D eigenvalue weighted by molar-refractivity contribution is 0.891. The van der Waals surface area contributed by atoms with Crippen molar-refractivity contribution >= 4 is 38.6 Å². The number of hydrogen-bond donors (Lipinski definition) is 1. The predicted octanol–water partition coefficient (Wildman–Crippen LogP) is 3.93. The molecule has 0 amide bonds. The lowest BCUT2D eigenvalue weighted by Crippen LogP contribution is -2.09. The lowest BCUT2D eigenvalue weighted by Gasteiger charge is -2.08. The van der Waals surface area contributed by atoms with Gasteiger partial charge < -0.3 is 5.73 Å². The summed E-state index contributed by atoms with van der Waals surface area (Å²) in [5.41, 5.74) is 7.41. The minimum absolute atomic E-state index is 0.0255. The van der Waals surface area contributed by atoms with Gasteiger partial charge in [0, 0.05) is 19.6 Å². The Labute approximate surface area is 99.7 Å². The first kappa shape index (κ1) is 10.4. The summed E-state index contributed by atoms with van der Waals surface area (Å²) in [5.74, 6) is 0. The van der Waals surface area contributed by atoms with Crippen LogP contribution in [0.2, 0.25) is 0 Å². The molecule has 0 aliphatic heterocycles. The molecule has 0 bridgehead atoms. The quantitative estimate of drug-likeness (QED) is 0.890. The van der Waals surface area contributed by atoms with Crippen LogP contribution in [0.4, 0.5) is 0 Å². The SMILES string of the molecule is Cc1sccc1C(N)c1cc(Br)cs1. The van der Waals surface area contributed by atoms with Gasteiger partial charge in [-0.2, -0.15) is 0 Å². The second kappa shape index (κ2) is 4.14. The zero-order valence-corrected chi connectivity index (χ0v) is 10.9. The Kier molecular flexibility index (Phi) is 3.07. The van der Waals surface area contributed by atoms with Crippen LogP contribution in [0, 0.1) is 6.92 Å². The summed E-state index contributed by atoms with van der Waals surface area (Å²) in [6, 6.07) is 4.22. The second-order valence-electron chi connectivity index (χ2n) is 3.08. The molecule has 2 aromatic heterocycles. The van der Waals surface area contributed by atoms with E-state index in [9.17, 15) is 0 Å². The van der Waals surface area contributed by atoms with E-state index in [4.69, 9.17) is 5.73 Å². The topological polar surface area (TPSA) is 26.0 Å². The molecule has 2 rings (SSSR count). The van der Waals surface area contributed by atoms with E-state index in [2.05, 4.69) is 45.7 Å². The molecule has 0 fully saturated rings. The fourth-order valence-corrected chi connectivity index (χ4v) is 3.58. The summed E-state index contributed by atoms with van der Waals surface area (Å²) in [6.07, 6.45) is 0. The average Bonchev–Trinajstić information content (AvgIpc) is 2.73. The number of thiophene rings is 2. The number of nitrogens with two attached hydrogens (primary N) is 1. The third-order valence-electron chi connectivity index (χ3n) is 2.13. The zero-order chi connectivity index (χ0) is 10.1. The van der Waals surface area contributed by atoms with Crippen molar-refractivity contribution in [3.63, 3.8) is 0 Å². The minimum atomic E-state index is 0.0255. The van der Waals surface area contributed by atoms with Crippen molar-refractivity contribution in [2.24, 2.45) is 5.73 Å². The normalized spacial score (nSPS) is 13.1. The highest BCUT2D eigenvalue weighted by atomic mass is 79.9. The van der Waals surface area contributed by atoms with Crippen LogP contribution in [-0.2, 0) is 0 Å².